The molecule has 1 rings (SSSR count). The van der Waals surface area contributed by atoms with Crippen LogP contribution in [0.3, 0.4) is 0 Å². The van der Waals surface area contributed by atoms with Gasteiger partial charge in [0.2, 0.25) is 0 Å². The molecular weight excluding hydrogens is 182 g/mol. The van der Waals surface area contributed by atoms with Crippen LogP contribution in [-0.4, -0.2) is 23.8 Å². The lowest BCUT2D eigenvalue weighted by Crippen LogP contribution is -2.02. The highest BCUT2D eigenvalue weighted by atomic mass is 32.2. The van der Waals surface area contributed by atoms with E-state index in [4.69, 9.17) is 0 Å². The van der Waals surface area contributed by atoms with Gasteiger partial charge in [-0.1, -0.05) is 0 Å². The molecule has 0 saturated carbocycles. The number of hydrogen-bond donors (Lipinski definition) is 0. The quantitative estimate of drug-likeness (QED) is 0.528. The van der Waals surface area contributed by atoms with Gasteiger partial charge in [0.1, 0.15) is 6.20 Å². The molecule has 0 aromatic carbocycles. The standard InChI is InChI=1S/C6H6NO2S2/c1-9-5(8)3-10-6-2-7-4-11-6/h4H,3H2,1H3. The Hall–Kier alpha value is -0.550. The van der Waals surface area contributed by atoms with Gasteiger partial charge in [0, 0.05) is 0 Å². The molecule has 1 aromatic heterocycles. The maximum Gasteiger partial charge on any atom is 0.316 e. The van der Waals surface area contributed by atoms with E-state index in [9.17, 15) is 4.79 Å². The van der Waals surface area contributed by atoms with Gasteiger partial charge >= 0.3 is 5.97 Å². The van der Waals surface area contributed by atoms with Gasteiger partial charge in [0.25, 0.3) is 0 Å². The normalized spacial score (nSPS) is 9.55. The molecule has 59 valence electrons. The summed E-state index contributed by atoms with van der Waals surface area (Å²) in [6.07, 6.45) is 2.74. The molecule has 0 fully saturated rings. The van der Waals surface area contributed by atoms with Crippen molar-refractivity contribution < 1.29 is 9.53 Å². The smallest absolute Gasteiger partial charge is 0.316 e. The molecule has 0 atom stereocenters. The molecule has 5 heteroatoms. The third-order valence-corrected chi connectivity index (χ3v) is 2.81. The Morgan fingerprint density at radius 2 is 2.82 bits per heavy atom. The molecule has 11 heavy (non-hydrogen) atoms. The van der Waals surface area contributed by atoms with E-state index in [1.54, 1.807) is 5.51 Å². The third kappa shape index (κ3) is 2.90. The van der Waals surface area contributed by atoms with Gasteiger partial charge in [-0.15, -0.1) is 23.1 Å². The van der Waals surface area contributed by atoms with E-state index in [-0.39, 0.29) is 5.97 Å². The number of rotatable bonds is 3. The maximum atomic E-state index is 10.6. The Morgan fingerprint density at radius 1 is 2.00 bits per heavy atom. The summed E-state index contributed by atoms with van der Waals surface area (Å²) < 4.78 is 5.37. The lowest BCUT2D eigenvalue weighted by atomic mass is 10.8. The lowest BCUT2D eigenvalue weighted by molar-refractivity contribution is -0.137. The number of esters is 1. The van der Waals surface area contributed by atoms with Crippen LogP contribution < -0.4 is 0 Å². The molecule has 1 aromatic rings. The van der Waals surface area contributed by atoms with Gasteiger partial charge in [-0.2, -0.15) is 0 Å². The molecule has 0 aliphatic heterocycles. The van der Waals surface area contributed by atoms with E-state index in [2.05, 4.69) is 15.9 Å². The van der Waals surface area contributed by atoms with E-state index in [1.165, 1.54) is 30.2 Å². The number of thiazole rings is 1. The fourth-order valence-corrected chi connectivity index (χ4v) is 1.80. The van der Waals surface area contributed by atoms with Crippen molar-refractivity contribution in [2.75, 3.05) is 12.9 Å². The summed E-state index contributed by atoms with van der Waals surface area (Å²) in [4.78, 5) is 14.4. The molecule has 1 radical (unpaired) electrons. The summed E-state index contributed by atoms with van der Waals surface area (Å²) in [5.41, 5.74) is 1.68. The summed E-state index contributed by atoms with van der Waals surface area (Å²) >= 11 is 2.85. The fourth-order valence-electron chi connectivity index (χ4n) is 0.429. The topological polar surface area (TPSA) is 39.2 Å². The zero-order valence-corrected chi connectivity index (χ0v) is 7.50. The summed E-state index contributed by atoms with van der Waals surface area (Å²) in [5.74, 6) is 0.103. The molecule has 0 amide bonds. The van der Waals surface area contributed by atoms with Crippen molar-refractivity contribution in [2.24, 2.45) is 0 Å². The van der Waals surface area contributed by atoms with Crippen LogP contribution in [0.5, 0.6) is 0 Å². The first-order valence-corrected chi connectivity index (χ1v) is 4.70. The minimum absolute atomic E-state index is 0.225. The van der Waals surface area contributed by atoms with Crippen LogP contribution in [-0.2, 0) is 9.53 Å². The zero-order chi connectivity index (χ0) is 8.10. The van der Waals surface area contributed by atoms with Gasteiger partial charge in [-0.25, -0.2) is 4.98 Å². The van der Waals surface area contributed by atoms with Crippen LogP contribution in [0, 0.1) is 6.20 Å². The lowest BCUT2D eigenvalue weighted by Gasteiger charge is -1.94. The van der Waals surface area contributed by atoms with Crippen molar-refractivity contribution in [3.8, 4) is 0 Å². The summed E-state index contributed by atoms with van der Waals surface area (Å²) in [6, 6.07) is 0. The number of carbonyl (C=O) groups is 1. The van der Waals surface area contributed by atoms with Crippen LogP contribution in [0.4, 0.5) is 0 Å². The van der Waals surface area contributed by atoms with E-state index in [0.717, 1.165) is 4.21 Å². The van der Waals surface area contributed by atoms with Crippen molar-refractivity contribution in [1.29, 1.82) is 0 Å². The number of ether oxygens (including phenoxy) is 1. The monoisotopic (exact) mass is 188 g/mol. The first-order chi connectivity index (χ1) is 5.33. The SMILES string of the molecule is COC(=O)CSc1[c]ncs1. The Balaban J connectivity index is 2.29. The Bertz CT molecular complexity index is 222. The van der Waals surface area contributed by atoms with Crippen molar-refractivity contribution in [2.45, 2.75) is 4.21 Å². The Morgan fingerprint density at radius 3 is 3.36 bits per heavy atom. The van der Waals surface area contributed by atoms with E-state index in [1.807, 2.05) is 0 Å². The number of nitrogens with zero attached hydrogens (tertiary/aromatic N) is 1. The van der Waals surface area contributed by atoms with Gasteiger partial charge in [0.15, 0.2) is 0 Å². The molecule has 0 unspecified atom stereocenters. The van der Waals surface area contributed by atoms with E-state index < -0.39 is 0 Å². The molecule has 0 N–H and O–H groups in total. The number of aromatic nitrogens is 1. The first kappa shape index (κ1) is 8.55. The molecule has 3 nitrogen and oxygen atoms in total. The molecule has 0 aliphatic rings. The first-order valence-electron chi connectivity index (χ1n) is 2.83. The molecular formula is C6H6NO2S2. The highest BCUT2D eigenvalue weighted by Gasteiger charge is 2.02. The highest BCUT2D eigenvalue weighted by molar-refractivity contribution is 8.01. The summed E-state index contributed by atoms with van der Waals surface area (Å²) in [6.45, 7) is 0. The number of hydrogen-bond acceptors (Lipinski definition) is 5. The van der Waals surface area contributed by atoms with Crippen LogP contribution in [0.25, 0.3) is 0 Å². The fraction of sp³-hybridized carbons (Fsp3) is 0.333. The second-order valence-corrected chi connectivity index (χ2v) is 3.72. The molecule has 0 spiro atoms. The average molecular weight is 188 g/mol. The number of methoxy groups -OCH3 is 1. The number of carbonyl (C=O) groups excluding carboxylic acids is 1. The number of thioether (sulfide) groups is 1. The maximum absolute atomic E-state index is 10.6. The van der Waals surface area contributed by atoms with E-state index >= 15 is 0 Å². The predicted octanol–water partition coefficient (Wildman–Crippen LogP) is 1.21. The van der Waals surface area contributed by atoms with Gasteiger partial charge in [0.05, 0.1) is 22.6 Å². The van der Waals surface area contributed by atoms with E-state index in [0.29, 0.717) is 5.75 Å². The Kier molecular flexibility index (Phi) is 3.38. The van der Waals surface area contributed by atoms with Crippen LogP contribution >= 0.6 is 23.1 Å². The van der Waals surface area contributed by atoms with Crippen molar-refractivity contribution in [3.05, 3.63) is 11.7 Å². The highest BCUT2D eigenvalue weighted by Crippen LogP contribution is 2.20. The predicted molar refractivity (Wildman–Crippen MR) is 43.7 cm³/mol. The van der Waals surface area contributed by atoms with Crippen molar-refractivity contribution in [3.63, 3.8) is 0 Å². The second-order valence-electron chi connectivity index (χ2n) is 1.62. The largest absolute Gasteiger partial charge is 0.468 e. The van der Waals surface area contributed by atoms with Crippen molar-refractivity contribution in [1.82, 2.24) is 4.98 Å². The van der Waals surface area contributed by atoms with Crippen LogP contribution in [0.1, 0.15) is 0 Å². The van der Waals surface area contributed by atoms with Crippen LogP contribution in [0.15, 0.2) is 9.72 Å². The minimum atomic E-state index is -0.225. The van der Waals surface area contributed by atoms with Crippen LogP contribution in [0.2, 0.25) is 0 Å². The zero-order valence-electron chi connectivity index (χ0n) is 5.86. The van der Waals surface area contributed by atoms with Gasteiger partial charge in [-0.3, -0.25) is 4.79 Å². The molecule has 1 heterocycles. The Labute approximate surface area is 72.8 Å². The average Bonchev–Trinajstić information content (AvgIpc) is 2.52. The minimum Gasteiger partial charge on any atom is -0.468 e. The third-order valence-electron chi connectivity index (χ3n) is 0.917. The van der Waals surface area contributed by atoms with Gasteiger partial charge < -0.3 is 4.74 Å². The summed E-state index contributed by atoms with van der Waals surface area (Å²) in [7, 11) is 1.37. The molecule has 0 saturated heterocycles. The van der Waals surface area contributed by atoms with Crippen molar-refractivity contribution >= 4 is 29.1 Å². The molecule has 0 bridgehead atoms. The summed E-state index contributed by atoms with van der Waals surface area (Å²) in [5, 5.41) is 0. The molecule has 0 aliphatic carbocycles. The van der Waals surface area contributed by atoms with Gasteiger partial charge in [-0.05, 0) is 0 Å². The second kappa shape index (κ2) is 4.35.